The van der Waals surface area contributed by atoms with E-state index in [4.69, 9.17) is 5.73 Å². The topological polar surface area (TPSA) is 85.1 Å². The first-order valence-electron chi connectivity index (χ1n) is 5.49. The lowest BCUT2D eigenvalue weighted by molar-refractivity contribution is -0.380. The van der Waals surface area contributed by atoms with Crippen LogP contribution in [-0.4, -0.2) is 17.2 Å². The van der Waals surface area contributed by atoms with Gasteiger partial charge in [-0.1, -0.05) is 15.9 Å². The van der Waals surface area contributed by atoms with Gasteiger partial charge in [0.15, 0.2) is 6.20 Å². The molecule has 0 amide bonds. The number of phenolic OH excluding ortho intramolecular Hbond substituents is 1. The van der Waals surface area contributed by atoms with Crippen LogP contribution in [0.15, 0.2) is 57.3 Å². The fourth-order valence-electron chi connectivity index (χ4n) is 1.39. The van der Waals surface area contributed by atoms with Crippen LogP contribution in [0.1, 0.15) is 11.3 Å². The third-order valence-corrected chi connectivity index (χ3v) is 2.83. The maximum absolute atomic E-state index is 9.62. The Bertz CT molecular complexity index is 626. The summed E-state index contributed by atoms with van der Waals surface area (Å²) < 4.78 is 0.847. The minimum atomic E-state index is 0.131. The molecule has 0 aliphatic rings. The van der Waals surface area contributed by atoms with E-state index in [1.54, 1.807) is 30.5 Å². The minimum Gasteiger partial charge on any atom is -0.507 e. The van der Waals surface area contributed by atoms with Crippen molar-refractivity contribution in [2.45, 2.75) is 0 Å². The quantitative estimate of drug-likeness (QED) is 0.512. The third kappa shape index (κ3) is 3.62. The molecule has 0 spiro atoms. The molecular formula is C13H12BrN4O+. The van der Waals surface area contributed by atoms with Gasteiger partial charge in [-0.05, 0) is 24.3 Å². The number of nitrogens with one attached hydrogen (secondary N) is 1. The molecule has 0 bridgehead atoms. The first-order chi connectivity index (χ1) is 9.16. The van der Waals surface area contributed by atoms with Gasteiger partial charge in [-0.15, -0.1) is 5.10 Å². The predicted octanol–water partition coefficient (Wildman–Crippen LogP) is 1.71. The zero-order chi connectivity index (χ0) is 13.7. The van der Waals surface area contributed by atoms with Crippen molar-refractivity contribution >= 4 is 28.0 Å². The zero-order valence-electron chi connectivity index (χ0n) is 9.92. The Labute approximate surface area is 118 Å². The molecule has 6 heteroatoms. The summed E-state index contributed by atoms with van der Waals surface area (Å²) >= 11 is 3.32. The lowest BCUT2D eigenvalue weighted by Crippen LogP contribution is -2.23. The number of hydrogen-bond donors (Lipinski definition) is 2. The predicted molar refractivity (Wildman–Crippen MR) is 77.1 cm³/mol. The maximum atomic E-state index is 9.62. The molecular weight excluding hydrogens is 308 g/mol. The lowest BCUT2D eigenvalue weighted by atomic mass is 10.2. The van der Waals surface area contributed by atoms with Crippen LogP contribution in [0.2, 0.25) is 0 Å². The van der Waals surface area contributed by atoms with Crippen molar-refractivity contribution in [3.05, 3.63) is 58.3 Å². The van der Waals surface area contributed by atoms with Gasteiger partial charge in [0.05, 0.1) is 6.21 Å². The van der Waals surface area contributed by atoms with Crippen LogP contribution < -0.4 is 10.7 Å². The van der Waals surface area contributed by atoms with Crippen LogP contribution in [-0.2, 0) is 0 Å². The van der Waals surface area contributed by atoms with Gasteiger partial charge in [0.25, 0.3) is 0 Å². The number of aromatic hydroxyl groups is 1. The van der Waals surface area contributed by atoms with Crippen LogP contribution in [0, 0.1) is 0 Å². The molecule has 5 nitrogen and oxygen atoms in total. The van der Waals surface area contributed by atoms with Crippen molar-refractivity contribution < 1.29 is 10.1 Å². The minimum absolute atomic E-state index is 0.131. The average Bonchev–Trinajstić information content (AvgIpc) is 2.43. The third-order valence-electron chi connectivity index (χ3n) is 2.34. The zero-order valence-corrected chi connectivity index (χ0v) is 11.5. The molecule has 4 N–H and O–H groups in total. The number of phenols is 1. The van der Waals surface area contributed by atoms with Crippen LogP contribution >= 0.6 is 15.9 Å². The number of halogens is 1. The van der Waals surface area contributed by atoms with Gasteiger partial charge in [-0.25, -0.2) is 4.98 Å². The molecule has 0 fully saturated rings. The number of H-pyrrole nitrogens is 1. The Morgan fingerprint density at radius 2 is 2.16 bits per heavy atom. The van der Waals surface area contributed by atoms with E-state index in [-0.39, 0.29) is 11.6 Å². The monoisotopic (exact) mass is 319 g/mol. The van der Waals surface area contributed by atoms with Crippen molar-refractivity contribution in [3.8, 4) is 5.75 Å². The van der Waals surface area contributed by atoms with E-state index in [2.05, 4.69) is 31.1 Å². The Kier molecular flexibility index (Phi) is 4.25. The maximum Gasteiger partial charge on any atom is 0.247 e. The largest absolute Gasteiger partial charge is 0.507 e. The number of amidine groups is 1. The number of benzene rings is 1. The van der Waals surface area contributed by atoms with E-state index in [0.717, 1.165) is 4.47 Å². The second-order valence-electron chi connectivity index (χ2n) is 3.71. The number of nitrogens with two attached hydrogens (primary N) is 1. The second kappa shape index (κ2) is 6.10. The van der Waals surface area contributed by atoms with Crippen LogP contribution in [0.5, 0.6) is 5.75 Å². The van der Waals surface area contributed by atoms with Crippen molar-refractivity contribution in [1.29, 1.82) is 0 Å². The van der Waals surface area contributed by atoms with Crippen LogP contribution in [0.4, 0.5) is 0 Å². The first-order valence-corrected chi connectivity index (χ1v) is 6.28. The van der Waals surface area contributed by atoms with E-state index in [9.17, 15) is 5.11 Å². The molecule has 0 aliphatic carbocycles. The normalized spacial score (nSPS) is 11.9. The SMILES string of the molecule is NC(=N/N=C/c1cc(Br)ccc1O)c1cccc[nH+]1. The van der Waals surface area contributed by atoms with Crippen LogP contribution in [0.25, 0.3) is 0 Å². The summed E-state index contributed by atoms with van der Waals surface area (Å²) in [5, 5.41) is 17.3. The first kappa shape index (κ1) is 13.2. The van der Waals surface area contributed by atoms with Gasteiger partial charge in [0.2, 0.25) is 11.5 Å². The van der Waals surface area contributed by atoms with Crippen molar-refractivity contribution in [2.75, 3.05) is 0 Å². The van der Waals surface area contributed by atoms with Gasteiger partial charge in [0, 0.05) is 22.2 Å². The molecule has 0 aliphatic heterocycles. The fraction of sp³-hybridized carbons (Fsp3) is 0. The summed E-state index contributed by atoms with van der Waals surface area (Å²) in [5.41, 5.74) is 7.00. The second-order valence-corrected chi connectivity index (χ2v) is 4.62. The number of nitrogens with zero attached hydrogens (tertiary/aromatic N) is 2. The smallest absolute Gasteiger partial charge is 0.247 e. The molecule has 2 rings (SSSR count). The molecule has 1 heterocycles. The summed E-state index contributed by atoms with van der Waals surface area (Å²) in [5.74, 6) is 0.401. The lowest BCUT2D eigenvalue weighted by Gasteiger charge is -1.97. The van der Waals surface area contributed by atoms with E-state index in [0.29, 0.717) is 11.3 Å². The number of aromatic nitrogens is 1. The van der Waals surface area contributed by atoms with Crippen molar-refractivity contribution in [1.82, 2.24) is 0 Å². The van der Waals surface area contributed by atoms with Gasteiger partial charge < -0.3 is 10.8 Å². The molecule has 0 saturated carbocycles. The van der Waals surface area contributed by atoms with Crippen molar-refractivity contribution in [2.24, 2.45) is 15.9 Å². The standard InChI is InChI=1S/C13H11BrN4O/c14-10-4-5-12(19)9(7-10)8-17-18-13(15)11-3-1-2-6-16-11/h1-8,19H,(H2,15,18)/p+1/b17-8+. The van der Waals surface area contributed by atoms with E-state index in [1.807, 2.05) is 12.1 Å². The highest BCUT2D eigenvalue weighted by molar-refractivity contribution is 9.10. The van der Waals surface area contributed by atoms with Gasteiger partial charge in [-0.2, -0.15) is 5.10 Å². The summed E-state index contributed by atoms with van der Waals surface area (Å²) in [7, 11) is 0. The Hall–Kier alpha value is -2.21. The Balaban J connectivity index is 2.17. The summed E-state index contributed by atoms with van der Waals surface area (Å²) in [6.45, 7) is 0. The summed E-state index contributed by atoms with van der Waals surface area (Å²) in [6, 6.07) is 10.5. The Morgan fingerprint density at radius 3 is 2.89 bits per heavy atom. The van der Waals surface area contributed by atoms with Crippen molar-refractivity contribution in [3.63, 3.8) is 0 Å². The summed E-state index contributed by atoms with van der Waals surface area (Å²) in [6.07, 6.45) is 3.19. The van der Waals surface area contributed by atoms with Crippen LogP contribution in [0.3, 0.4) is 0 Å². The Morgan fingerprint density at radius 1 is 1.32 bits per heavy atom. The highest BCUT2D eigenvalue weighted by atomic mass is 79.9. The molecule has 0 atom stereocenters. The molecule has 96 valence electrons. The molecule has 19 heavy (non-hydrogen) atoms. The van der Waals surface area contributed by atoms with Gasteiger partial charge in [-0.3, -0.25) is 0 Å². The molecule has 0 saturated heterocycles. The molecule has 0 unspecified atom stereocenters. The molecule has 2 aromatic rings. The van der Waals surface area contributed by atoms with E-state index >= 15 is 0 Å². The summed E-state index contributed by atoms with van der Waals surface area (Å²) in [4.78, 5) is 2.95. The van der Waals surface area contributed by atoms with Gasteiger partial charge in [0.1, 0.15) is 5.75 Å². The molecule has 1 aromatic heterocycles. The fourth-order valence-corrected chi connectivity index (χ4v) is 1.77. The highest BCUT2D eigenvalue weighted by Gasteiger charge is 2.04. The molecule has 0 radical (unpaired) electrons. The molecule has 1 aromatic carbocycles. The van der Waals surface area contributed by atoms with E-state index < -0.39 is 0 Å². The van der Waals surface area contributed by atoms with Gasteiger partial charge >= 0.3 is 0 Å². The number of rotatable bonds is 3. The highest BCUT2D eigenvalue weighted by Crippen LogP contribution is 2.19. The number of pyridine rings is 1. The average molecular weight is 320 g/mol. The number of hydrogen-bond acceptors (Lipinski definition) is 3. The number of aromatic amines is 1. The van der Waals surface area contributed by atoms with E-state index in [1.165, 1.54) is 6.21 Å².